The third kappa shape index (κ3) is 2.36. The van der Waals surface area contributed by atoms with E-state index in [9.17, 15) is 13.6 Å². The average Bonchev–Trinajstić information content (AvgIpc) is 2.70. The molecule has 1 aromatic heterocycles. The van der Waals surface area contributed by atoms with Crippen LogP contribution in [0.5, 0.6) is 0 Å². The molecule has 0 unspecified atom stereocenters. The van der Waals surface area contributed by atoms with Crippen molar-refractivity contribution in [2.45, 2.75) is 13.3 Å². The SMILES string of the molecule is CCc1c(-c2cc(F)c(Cl)cc2F)sc(C(=O)O)c1N. The van der Waals surface area contributed by atoms with Gasteiger partial charge in [-0.15, -0.1) is 11.3 Å². The van der Waals surface area contributed by atoms with E-state index in [0.29, 0.717) is 16.9 Å². The summed E-state index contributed by atoms with van der Waals surface area (Å²) in [5, 5.41) is 8.73. The van der Waals surface area contributed by atoms with E-state index in [-0.39, 0.29) is 21.2 Å². The highest BCUT2D eigenvalue weighted by molar-refractivity contribution is 7.18. The fourth-order valence-corrected chi connectivity index (χ4v) is 3.22. The molecular weight excluding hydrogens is 308 g/mol. The predicted molar refractivity (Wildman–Crippen MR) is 75.4 cm³/mol. The summed E-state index contributed by atoms with van der Waals surface area (Å²) in [6, 6.07) is 1.82. The Labute approximate surface area is 122 Å². The van der Waals surface area contributed by atoms with Gasteiger partial charge in [-0.25, -0.2) is 13.6 Å². The monoisotopic (exact) mass is 317 g/mol. The number of nitrogens with two attached hydrogens (primary N) is 1. The van der Waals surface area contributed by atoms with Gasteiger partial charge in [-0.05, 0) is 24.1 Å². The molecule has 7 heteroatoms. The standard InChI is InChI=1S/C13H10ClF2NO2S/c1-2-5-10(17)12(13(18)19)20-11(5)6-3-9(16)7(14)4-8(6)15/h3-4H,2,17H2,1H3,(H,18,19). The van der Waals surface area contributed by atoms with Crippen molar-refractivity contribution in [3.63, 3.8) is 0 Å². The second-order valence-electron chi connectivity index (χ2n) is 4.06. The summed E-state index contributed by atoms with van der Waals surface area (Å²) in [6.07, 6.45) is 0.411. The highest BCUT2D eigenvalue weighted by Crippen LogP contribution is 2.41. The van der Waals surface area contributed by atoms with Gasteiger partial charge in [0.1, 0.15) is 16.5 Å². The third-order valence-electron chi connectivity index (χ3n) is 2.85. The first-order valence-corrected chi connectivity index (χ1v) is 6.85. The van der Waals surface area contributed by atoms with Crippen LogP contribution in [-0.2, 0) is 6.42 Å². The Hall–Kier alpha value is -1.66. The van der Waals surface area contributed by atoms with Crippen LogP contribution in [0.1, 0.15) is 22.2 Å². The number of hydrogen-bond acceptors (Lipinski definition) is 3. The zero-order valence-electron chi connectivity index (χ0n) is 10.3. The predicted octanol–water partition coefficient (Wildman–Crippen LogP) is 4.19. The van der Waals surface area contributed by atoms with Crippen molar-refractivity contribution in [1.29, 1.82) is 0 Å². The summed E-state index contributed by atoms with van der Waals surface area (Å²) in [7, 11) is 0. The smallest absolute Gasteiger partial charge is 0.348 e. The van der Waals surface area contributed by atoms with E-state index in [1.165, 1.54) is 0 Å². The van der Waals surface area contributed by atoms with E-state index >= 15 is 0 Å². The Bertz CT molecular complexity index is 700. The fourth-order valence-electron chi connectivity index (χ4n) is 1.90. The number of nitrogen functional groups attached to an aromatic ring is 1. The fraction of sp³-hybridized carbons (Fsp3) is 0.154. The van der Waals surface area contributed by atoms with Crippen molar-refractivity contribution in [2.75, 3.05) is 5.73 Å². The van der Waals surface area contributed by atoms with E-state index in [0.717, 1.165) is 23.5 Å². The molecule has 0 saturated heterocycles. The van der Waals surface area contributed by atoms with Gasteiger partial charge in [-0.3, -0.25) is 0 Å². The molecule has 0 aliphatic rings. The minimum absolute atomic E-state index is 0.0343. The Morgan fingerprint density at radius 2 is 2.05 bits per heavy atom. The molecule has 1 aromatic carbocycles. The molecule has 20 heavy (non-hydrogen) atoms. The molecule has 0 spiro atoms. The number of rotatable bonds is 3. The van der Waals surface area contributed by atoms with Crippen molar-refractivity contribution in [3.05, 3.63) is 39.2 Å². The van der Waals surface area contributed by atoms with Crippen molar-refractivity contribution >= 4 is 34.6 Å². The van der Waals surface area contributed by atoms with E-state index in [4.69, 9.17) is 22.4 Å². The molecule has 3 N–H and O–H groups in total. The lowest BCUT2D eigenvalue weighted by molar-refractivity contribution is 0.0703. The maximum atomic E-state index is 13.9. The molecule has 0 radical (unpaired) electrons. The molecule has 0 amide bonds. The molecule has 0 atom stereocenters. The van der Waals surface area contributed by atoms with Crippen molar-refractivity contribution in [1.82, 2.24) is 0 Å². The number of anilines is 1. The Morgan fingerprint density at radius 3 is 2.60 bits per heavy atom. The van der Waals surface area contributed by atoms with E-state index in [1.54, 1.807) is 6.92 Å². The molecule has 1 heterocycles. The first kappa shape index (κ1) is 14.7. The van der Waals surface area contributed by atoms with Gasteiger partial charge in [-0.1, -0.05) is 18.5 Å². The Balaban J connectivity index is 2.73. The molecule has 0 bridgehead atoms. The van der Waals surface area contributed by atoms with Gasteiger partial charge in [-0.2, -0.15) is 0 Å². The van der Waals surface area contributed by atoms with Crippen LogP contribution in [0.4, 0.5) is 14.5 Å². The van der Waals surface area contributed by atoms with Gasteiger partial charge in [0.05, 0.1) is 10.7 Å². The number of hydrogen-bond donors (Lipinski definition) is 2. The largest absolute Gasteiger partial charge is 0.477 e. The normalized spacial score (nSPS) is 10.8. The van der Waals surface area contributed by atoms with Gasteiger partial charge in [0.2, 0.25) is 0 Å². The van der Waals surface area contributed by atoms with E-state index < -0.39 is 17.6 Å². The number of thiophene rings is 1. The van der Waals surface area contributed by atoms with Crippen LogP contribution in [0, 0.1) is 11.6 Å². The summed E-state index contributed by atoms with van der Waals surface area (Å²) >= 11 is 6.33. The zero-order valence-corrected chi connectivity index (χ0v) is 11.9. The number of carboxylic acid groups (broad SMARTS) is 1. The number of halogens is 3. The third-order valence-corrected chi connectivity index (χ3v) is 4.41. The van der Waals surface area contributed by atoms with Gasteiger partial charge in [0, 0.05) is 10.4 Å². The second-order valence-corrected chi connectivity index (χ2v) is 5.49. The van der Waals surface area contributed by atoms with Gasteiger partial charge in [0.25, 0.3) is 0 Å². The molecule has 3 nitrogen and oxygen atoms in total. The summed E-state index contributed by atoms with van der Waals surface area (Å²) in [6.45, 7) is 1.76. The topological polar surface area (TPSA) is 63.3 Å². The number of carbonyl (C=O) groups is 1. The van der Waals surface area contributed by atoms with Crippen LogP contribution in [0.2, 0.25) is 5.02 Å². The van der Waals surface area contributed by atoms with Crippen LogP contribution >= 0.6 is 22.9 Å². The molecule has 106 valence electrons. The maximum absolute atomic E-state index is 13.9. The van der Waals surface area contributed by atoms with Crippen LogP contribution in [0.25, 0.3) is 10.4 Å². The lowest BCUT2D eigenvalue weighted by atomic mass is 10.1. The molecule has 0 saturated carbocycles. The van der Waals surface area contributed by atoms with Crippen LogP contribution in [0.3, 0.4) is 0 Å². The molecular formula is C13H10ClF2NO2S. The Kier molecular flexibility index (Phi) is 3.96. The van der Waals surface area contributed by atoms with E-state index in [1.807, 2.05) is 0 Å². The number of benzene rings is 1. The van der Waals surface area contributed by atoms with E-state index in [2.05, 4.69) is 0 Å². The summed E-state index contributed by atoms with van der Waals surface area (Å²) in [5.74, 6) is -2.68. The lowest BCUT2D eigenvalue weighted by Crippen LogP contribution is -1.99. The first-order valence-electron chi connectivity index (χ1n) is 5.66. The summed E-state index contributed by atoms with van der Waals surface area (Å²) < 4.78 is 27.4. The van der Waals surface area contributed by atoms with Crippen molar-refractivity contribution in [3.8, 4) is 10.4 Å². The molecule has 2 rings (SSSR count). The Morgan fingerprint density at radius 1 is 1.40 bits per heavy atom. The van der Waals surface area contributed by atoms with Crippen molar-refractivity contribution in [2.24, 2.45) is 0 Å². The zero-order chi connectivity index (χ0) is 15.0. The van der Waals surface area contributed by atoms with Gasteiger partial charge in [0.15, 0.2) is 0 Å². The molecule has 0 aliphatic heterocycles. The molecule has 0 aliphatic carbocycles. The van der Waals surface area contributed by atoms with Gasteiger partial charge >= 0.3 is 5.97 Å². The molecule has 2 aromatic rings. The summed E-state index contributed by atoms with van der Waals surface area (Å²) in [5.41, 5.74) is 6.31. The summed E-state index contributed by atoms with van der Waals surface area (Å²) in [4.78, 5) is 11.3. The maximum Gasteiger partial charge on any atom is 0.348 e. The van der Waals surface area contributed by atoms with Crippen LogP contribution in [-0.4, -0.2) is 11.1 Å². The average molecular weight is 318 g/mol. The first-order chi connectivity index (χ1) is 9.36. The second kappa shape index (κ2) is 5.38. The van der Waals surface area contributed by atoms with Crippen LogP contribution in [0.15, 0.2) is 12.1 Å². The molecule has 0 fully saturated rings. The lowest BCUT2D eigenvalue weighted by Gasteiger charge is -2.05. The quantitative estimate of drug-likeness (QED) is 0.834. The number of aromatic carboxylic acids is 1. The van der Waals surface area contributed by atoms with Gasteiger partial charge < -0.3 is 10.8 Å². The minimum Gasteiger partial charge on any atom is -0.477 e. The highest BCUT2D eigenvalue weighted by atomic mass is 35.5. The minimum atomic E-state index is -1.19. The highest BCUT2D eigenvalue weighted by Gasteiger charge is 2.23. The van der Waals surface area contributed by atoms with Crippen molar-refractivity contribution < 1.29 is 18.7 Å². The van der Waals surface area contributed by atoms with Crippen LogP contribution < -0.4 is 5.73 Å². The number of carboxylic acids is 1.